The van der Waals surface area contributed by atoms with E-state index in [0.717, 1.165) is 11.8 Å². The van der Waals surface area contributed by atoms with Crippen molar-refractivity contribution in [3.63, 3.8) is 0 Å². The number of anilines is 2. The summed E-state index contributed by atoms with van der Waals surface area (Å²) in [6, 6.07) is 9.82. The molecule has 2 rings (SSSR count). The van der Waals surface area contributed by atoms with Crippen LogP contribution in [0.1, 0.15) is 5.56 Å². The van der Waals surface area contributed by atoms with Crippen LogP contribution in [-0.4, -0.2) is 21.4 Å². The van der Waals surface area contributed by atoms with Crippen LogP contribution in [0, 0.1) is 10.1 Å². The average Bonchev–Trinajstić information content (AvgIpc) is 2.44. The van der Waals surface area contributed by atoms with Crippen LogP contribution < -0.4 is 11.1 Å². The van der Waals surface area contributed by atoms with E-state index in [0.29, 0.717) is 6.54 Å². The summed E-state index contributed by atoms with van der Waals surface area (Å²) in [4.78, 5) is 17.6. The molecule has 20 heavy (non-hydrogen) atoms. The van der Waals surface area contributed by atoms with Crippen molar-refractivity contribution >= 4 is 23.5 Å². The van der Waals surface area contributed by atoms with Crippen molar-refractivity contribution in [2.75, 3.05) is 17.6 Å². The van der Waals surface area contributed by atoms with Crippen LogP contribution in [-0.2, 0) is 0 Å². The maximum Gasteiger partial charge on any atom is 0.329 e. The van der Waals surface area contributed by atoms with Crippen LogP contribution in [0.15, 0.2) is 42.6 Å². The number of nitrogens with one attached hydrogen (secondary N) is 1. The molecule has 0 amide bonds. The smallest absolute Gasteiger partial charge is 0.329 e. The lowest BCUT2D eigenvalue weighted by Gasteiger charge is -2.02. The summed E-state index contributed by atoms with van der Waals surface area (Å²) in [5.74, 6) is 0.102. The van der Waals surface area contributed by atoms with Gasteiger partial charge < -0.3 is 11.1 Å². The molecule has 0 radical (unpaired) electrons. The predicted octanol–water partition coefficient (Wildman–Crippen LogP) is 2.09. The van der Waals surface area contributed by atoms with Gasteiger partial charge in [0, 0.05) is 6.54 Å². The molecule has 0 fully saturated rings. The van der Waals surface area contributed by atoms with E-state index >= 15 is 0 Å². The van der Waals surface area contributed by atoms with Gasteiger partial charge in [-0.25, -0.2) is 4.98 Å². The monoisotopic (exact) mass is 271 g/mol. The summed E-state index contributed by atoms with van der Waals surface area (Å²) in [5.41, 5.74) is 6.25. The zero-order valence-corrected chi connectivity index (χ0v) is 10.6. The van der Waals surface area contributed by atoms with Crippen molar-refractivity contribution in [3.05, 3.63) is 58.3 Å². The van der Waals surface area contributed by atoms with Crippen LogP contribution in [0.2, 0.25) is 0 Å². The number of hydrogen-bond acceptors (Lipinski definition) is 6. The fourth-order valence-electron chi connectivity index (χ4n) is 1.52. The van der Waals surface area contributed by atoms with Crippen molar-refractivity contribution in [3.8, 4) is 0 Å². The lowest BCUT2D eigenvalue weighted by Crippen LogP contribution is -2.06. The van der Waals surface area contributed by atoms with E-state index in [4.69, 9.17) is 5.73 Å². The Hall–Kier alpha value is -2.96. The Balaban J connectivity index is 1.93. The van der Waals surface area contributed by atoms with E-state index in [-0.39, 0.29) is 17.5 Å². The molecule has 0 spiro atoms. The minimum Gasteiger partial charge on any atom is -0.378 e. The molecule has 0 saturated carbocycles. The van der Waals surface area contributed by atoms with Gasteiger partial charge in [0.15, 0.2) is 0 Å². The van der Waals surface area contributed by atoms with Gasteiger partial charge in [-0.05, 0) is 5.56 Å². The summed E-state index contributed by atoms with van der Waals surface area (Å²) in [6.07, 6.45) is 4.93. The second kappa shape index (κ2) is 6.28. The van der Waals surface area contributed by atoms with E-state index < -0.39 is 4.92 Å². The second-order valence-corrected chi connectivity index (χ2v) is 3.92. The SMILES string of the molecule is Nc1nc(NC/C=C/c2ccccc2)ncc1[N+](=O)[O-]. The van der Waals surface area contributed by atoms with Crippen molar-refractivity contribution in [2.24, 2.45) is 0 Å². The Morgan fingerprint density at radius 1 is 1.35 bits per heavy atom. The van der Waals surface area contributed by atoms with E-state index in [9.17, 15) is 10.1 Å². The number of benzene rings is 1. The first-order valence-electron chi connectivity index (χ1n) is 5.89. The molecule has 3 N–H and O–H groups in total. The predicted molar refractivity (Wildman–Crippen MR) is 77.1 cm³/mol. The number of hydrogen-bond donors (Lipinski definition) is 2. The molecule has 2 aromatic rings. The Bertz CT molecular complexity index is 628. The summed E-state index contributed by atoms with van der Waals surface area (Å²) in [7, 11) is 0. The highest BCUT2D eigenvalue weighted by Crippen LogP contribution is 2.17. The van der Waals surface area contributed by atoms with Crippen molar-refractivity contribution < 1.29 is 4.92 Å². The zero-order valence-electron chi connectivity index (χ0n) is 10.6. The molecule has 102 valence electrons. The molecular formula is C13H13N5O2. The lowest BCUT2D eigenvalue weighted by molar-refractivity contribution is -0.384. The number of nitro groups is 1. The Morgan fingerprint density at radius 2 is 2.10 bits per heavy atom. The third-order valence-corrected chi connectivity index (χ3v) is 2.48. The van der Waals surface area contributed by atoms with Crippen molar-refractivity contribution in [1.29, 1.82) is 0 Å². The fraction of sp³-hybridized carbons (Fsp3) is 0.0769. The molecule has 1 heterocycles. The Kier molecular flexibility index (Phi) is 4.23. The molecule has 0 atom stereocenters. The molecule has 0 aliphatic carbocycles. The third kappa shape index (κ3) is 3.52. The van der Waals surface area contributed by atoms with Gasteiger partial charge in [-0.1, -0.05) is 42.5 Å². The van der Waals surface area contributed by atoms with Crippen LogP contribution in [0.3, 0.4) is 0 Å². The Labute approximate surface area is 115 Å². The zero-order chi connectivity index (χ0) is 14.4. The van der Waals surface area contributed by atoms with Crippen LogP contribution in [0.5, 0.6) is 0 Å². The summed E-state index contributed by atoms with van der Waals surface area (Å²) < 4.78 is 0. The van der Waals surface area contributed by atoms with Gasteiger partial charge in [0.1, 0.15) is 6.20 Å². The van der Waals surface area contributed by atoms with E-state index in [2.05, 4.69) is 15.3 Å². The van der Waals surface area contributed by atoms with Gasteiger partial charge >= 0.3 is 5.69 Å². The largest absolute Gasteiger partial charge is 0.378 e. The van der Waals surface area contributed by atoms with Gasteiger partial charge in [-0.15, -0.1) is 0 Å². The highest BCUT2D eigenvalue weighted by atomic mass is 16.6. The van der Waals surface area contributed by atoms with Crippen LogP contribution >= 0.6 is 0 Å². The molecule has 1 aromatic carbocycles. The second-order valence-electron chi connectivity index (χ2n) is 3.92. The van der Waals surface area contributed by atoms with Gasteiger partial charge in [-0.3, -0.25) is 10.1 Å². The van der Waals surface area contributed by atoms with Gasteiger partial charge in [0.25, 0.3) is 0 Å². The molecule has 7 nitrogen and oxygen atoms in total. The molecule has 0 saturated heterocycles. The fourth-order valence-corrected chi connectivity index (χ4v) is 1.52. The minimum atomic E-state index is -0.617. The topological polar surface area (TPSA) is 107 Å². The lowest BCUT2D eigenvalue weighted by atomic mass is 10.2. The maximum absolute atomic E-state index is 10.6. The summed E-state index contributed by atoms with van der Waals surface area (Å²) in [6.45, 7) is 0.492. The number of nitrogens with two attached hydrogens (primary N) is 1. The number of nitrogens with zero attached hydrogens (tertiary/aromatic N) is 3. The first-order valence-corrected chi connectivity index (χ1v) is 5.89. The first-order chi connectivity index (χ1) is 9.66. The van der Waals surface area contributed by atoms with Crippen molar-refractivity contribution in [2.45, 2.75) is 0 Å². The van der Waals surface area contributed by atoms with E-state index in [1.165, 1.54) is 0 Å². The van der Waals surface area contributed by atoms with Crippen molar-refractivity contribution in [1.82, 2.24) is 9.97 Å². The molecule has 1 aromatic heterocycles. The molecule has 0 aliphatic heterocycles. The quantitative estimate of drug-likeness (QED) is 0.637. The number of rotatable bonds is 5. The standard InChI is InChI=1S/C13H13N5O2/c14-12-11(18(19)20)9-16-13(17-12)15-8-4-7-10-5-2-1-3-6-10/h1-7,9H,8H2,(H3,14,15,16,17)/b7-4+. The Morgan fingerprint density at radius 3 is 2.75 bits per heavy atom. The molecule has 0 unspecified atom stereocenters. The third-order valence-electron chi connectivity index (χ3n) is 2.48. The summed E-state index contributed by atoms with van der Waals surface area (Å²) >= 11 is 0. The molecule has 0 bridgehead atoms. The van der Waals surface area contributed by atoms with E-state index in [1.807, 2.05) is 42.5 Å². The van der Waals surface area contributed by atoms with Crippen LogP contribution in [0.25, 0.3) is 6.08 Å². The average molecular weight is 271 g/mol. The van der Waals surface area contributed by atoms with E-state index in [1.54, 1.807) is 0 Å². The van der Waals surface area contributed by atoms with Crippen LogP contribution in [0.4, 0.5) is 17.5 Å². The van der Waals surface area contributed by atoms with Gasteiger partial charge in [0.2, 0.25) is 11.8 Å². The number of nitrogen functional groups attached to an aromatic ring is 1. The minimum absolute atomic E-state index is 0.153. The van der Waals surface area contributed by atoms with Gasteiger partial charge in [-0.2, -0.15) is 4.98 Å². The summed E-state index contributed by atoms with van der Waals surface area (Å²) in [5, 5.41) is 13.5. The molecule has 0 aliphatic rings. The molecule has 7 heteroatoms. The maximum atomic E-state index is 10.6. The normalized spacial score (nSPS) is 10.6. The molecular weight excluding hydrogens is 258 g/mol. The first kappa shape index (κ1) is 13.5. The highest BCUT2D eigenvalue weighted by molar-refractivity contribution is 5.54. The highest BCUT2D eigenvalue weighted by Gasteiger charge is 2.13. The number of aromatic nitrogens is 2. The van der Waals surface area contributed by atoms with Gasteiger partial charge in [0.05, 0.1) is 4.92 Å².